The molecule has 0 aliphatic carbocycles. The van der Waals surface area contributed by atoms with Crippen LogP contribution in [0.4, 0.5) is 5.69 Å². The van der Waals surface area contributed by atoms with Crippen LogP contribution < -0.4 is 4.90 Å². The molecule has 2 heteroatoms. The van der Waals surface area contributed by atoms with Gasteiger partial charge in [-0.05, 0) is 37.1 Å². The molecule has 1 rings (SSSR count). The Labute approximate surface area is 175 Å². The SMILES string of the molecule is CCCCCCCCCCN(CCCCCCCCCC)c1ccc(O)cc1. The van der Waals surface area contributed by atoms with E-state index < -0.39 is 0 Å². The Kier molecular flexibility index (Phi) is 15.9. The van der Waals surface area contributed by atoms with E-state index in [0.29, 0.717) is 5.75 Å². The lowest BCUT2D eigenvalue weighted by molar-refractivity contribution is 0.475. The molecule has 0 amide bonds. The quantitative estimate of drug-likeness (QED) is 0.240. The Hall–Kier alpha value is -1.18. The zero-order chi connectivity index (χ0) is 20.3. The van der Waals surface area contributed by atoms with Gasteiger partial charge in [-0.25, -0.2) is 0 Å². The number of unbranched alkanes of at least 4 members (excludes halogenated alkanes) is 14. The largest absolute Gasteiger partial charge is 0.508 e. The van der Waals surface area contributed by atoms with E-state index in [2.05, 4.69) is 30.9 Å². The van der Waals surface area contributed by atoms with Gasteiger partial charge in [0.2, 0.25) is 0 Å². The van der Waals surface area contributed by atoms with E-state index in [0.717, 1.165) is 13.1 Å². The molecule has 0 spiro atoms. The summed E-state index contributed by atoms with van der Waals surface area (Å²) in [5.41, 5.74) is 1.27. The highest BCUT2D eigenvalue weighted by Crippen LogP contribution is 2.20. The fourth-order valence-electron chi connectivity index (χ4n) is 3.91. The van der Waals surface area contributed by atoms with Crippen LogP contribution in [0.3, 0.4) is 0 Å². The van der Waals surface area contributed by atoms with Crippen molar-refractivity contribution >= 4 is 5.69 Å². The molecule has 28 heavy (non-hydrogen) atoms. The van der Waals surface area contributed by atoms with Crippen LogP contribution in [0.2, 0.25) is 0 Å². The van der Waals surface area contributed by atoms with Crippen molar-refractivity contribution in [2.45, 2.75) is 117 Å². The molecule has 0 saturated heterocycles. The van der Waals surface area contributed by atoms with Gasteiger partial charge in [0.25, 0.3) is 0 Å². The number of hydrogen-bond acceptors (Lipinski definition) is 2. The highest BCUT2D eigenvalue weighted by Gasteiger charge is 2.06. The number of phenolic OH excluding ortho intramolecular Hbond substituents is 1. The van der Waals surface area contributed by atoms with E-state index in [1.165, 1.54) is 108 Å². The summed E-state index contributed by atoms with van der Waals surface area (Å²) in [6.07, 6.45) is 21.9. The second kappa shape index (κ2) is 17.9. The summed E-state index contributed by atoms with van der Waals surface area (Å²) in [5.74, 6) is 0.364. The average molecular weight is 390 g/mol. The van der Waals surface area contributed by atoms with E-state index in [9.17, 15) is 5.11 Å². The van der Waals surface area contributed by atoms with Crippen molar-refractivity contribution in [1.29, 1.82) is 0 Å². The third-order valence-corrected chi connectivity index (χ3v) is 5.78. The van der Waals surface area contributed by atoms with E-state index in [4.69, 9.17) is 0 Å². The Balaban J connectivity index is 2.24. The number of anilines is 1. The van der Waals surface area contributed by atoms with Crippen molar-refractivity contribution in [1.82, 2.24) is 0 Å². The van der Waals surface area contributed by atoms with Gasteiger partial charge < -0.3 is 10.0 Å². The van der Waals surface area contributed by atoms with Crippen LogP contribution in [0.1, 0.15) is 117 Å². The molecule has 0 bridgehead atoms. The third kappa shape index (κ3) is 13.1. The van der Waals surface area contributed by atoms with Gasteiger partial charge in [-0.2, -0.15) is 0 Å². The molecule has 0 aliphatic rings. The zero-order valence-corrected chi connectivity index (χ0v) is 18.9. The minimum Gasteiger partial charge on any atom is -0.508 e. The molecule has 1 N–H and O–H groups in total. The minimum atomic E-state index is 0.364. The monoisotopic (exact) mass is 389 g/mol. The number of aromatic hydroxyl groups is 1. The van der Waals surface area contributed by atoms with Gasteiger partial charge in [0.05, 0.1) is 0 Å². The molecule has 1 aromatic carbocycles. The molecule has 0 radical (unpaired) electrons. The molecule has 0 unspecified atom stereocenters. The Bertz CT molecular complexity index is 422. The second-order valence-electron chi connectivity index (χ2n) is 8.45. The summed E-state index contributed by atoms with van der Waals surface area (Å²) < 4.78 is 0. The first-order valence-electron chi connectivity index (χ1n) is 12.3. The molecule has 0 atom stereocenters. The lowest BCUT2D eigenvalue weighted by Gasteiger charge is -2.25. The Morgan fingerprint density at radius 1 is 0.536 bits per heavy atom. The van der Waals surface area contributed by atoms with Crippen LogP contribution >= 0.6 is 0 Å². The highest BCUT2D eigenvalue weighted by molar-refractivity contribution is 5.48. The molecule has 0 aliphatic heterocycles. The molecule has 0 aromatic heterocycles. The molecule has 162 valence electrons. The van der Waals surface area contributed by atoms with Crippen LogP contribution in [0.5, 0.6) is 5.75 Å². The van der Waals surface area contributed by atoms with Gasteiger partial charge in [0, 0.05) is 18.8 Å². The second-order valence-corrected chi connectivity index (χ2v) is 8.45. The van der Waals surface area contributed by atoms with Crippen molar-refractivity contribution in [3.8, 4) is 5.75 Å². The number of hydrogen-bond donors (Lipinski definition) is 1. The first kappa shape index (κ1) is 24.9. The van der Waals surface area contributed by atoms with Crippen LogP contribution in [0.25, 0.3) is 0 Å². The summed E-state index contributed by atoms with van der Waals surface area (Å²) in [5, 5.41) is 9.59. The van der Waals surface area contributed by atoms with E-state index in [-0.39, 0.29) is 0 Å². The fourth-order valence-corrected chi connectivity index (χ4v) is 3.91. The average Bonchev–Trinajstić information content (AvgIpc) is 2.71. The normalized spacial score (nSPS) is 11.1. The molecular weight excluding hydrogens is 342 g/mol. The number of rotatable bonds is 19. The summed E-state index contributed by atoms with van der Waals surface area (Å²) in [4.78, 5) is 2.54. The van der Waals surface area contributed by atoms with Crippen LogP contribution in [0, 0.1) is 0 Å². The maximum atomic E-state index is 9.59. The fraction of sp³-hybridized carbons (Fsp3) is 0.769. The van der Waals surface area contributed by atoms with Crippen molar-refractivity contribution < 1.29 is 5.11 Å². The van der Waals surface area contributed by atoms with Gasteiger partial charge in [0.1, 0.15) is 5.75 Å². The molecule has 0 heterocycles. The Morgan fingerprint density at radius 3 is 1.29 bits per heavy atom. The smallest absolute Gasteiger partial charge is 0.115 e. The Morgan fingerprint density at radius 2 is 0.893 bits per heavy atom. The van der Waals surface area contributed by atoms with E-state index in [1.807, 2.05) is 12.1 Å². The van der Waals surface area contributed by atoms with Crippen molar-refractivity contribution in [2.75, 3.05) is 18.0 Å². The number of phenols is 1. The summed E-state index contributed by atoms with van der Waals surface area (Å²) in [7, 11) is 0. The lowest BCUT2D eigenvalue weighted by Crippen LogP contribution is -2.25. The minimum absolute atomic E-state index is 0.364. The zero-order valence-electron chi connectivity index (χ0n) is 18.9. The maximum absolute atomic E-state index is 9.59. The number of benzene rings is 1. The predicted molar refractivity (Wildman–Crippen MR) is 126 cm³/mol. The molecule has 2 nitrogen and oxygen atoms in total. The van der Waals surface area contributed by atoms with Gasteiger partial charge in [-0.1, -0.05) is 104 Å². The van der Waals surface area contributed by atoms with Crippen molar-refractivity contribution in [3.05, 3.63) is 24.3 Å². The van der Waals surface area contributed by atoms with Gasteiger partial charge in [-0.15, -0.1) is 0 Å². The highest BCUT2D eigenvalue weighted by atomic mass is 16.3. The number of nitrogens with zero attached hydrogens (tertiary/aromatic N) is 1. The summed E-state index contributed by atoms with van der Waals surface area (Å²) in [6.45, 7) is 6.86. The standard InChI is InChI=1S/C26H47NO/c1-3-5-7-9-11-13-15-17-23-27(25-19-21-26(28)22-20-25)24-18-16-14-12-10-8-6-4-2/h19-22,28H,3-18,23-24H2,1-2H3. The molecule has 1 aromatic rings. The molecular formula is C26H47NO. The van der Waals surface area contributed by atoms with E-state index in [1.54, 1.807) is 0 Å². The van der Waals surface area contributed by atoms with E-state index >= 15 is 0 Å². The van der Waals surface area contributed by atoms with Crippen LogP contribution in [-0.4, -0.2) is 18.2 Å². The lowest BCUT2D eigenvalue weighted by atomic mass is 10.1. The van der Waals surface area contributed by atoms with Crippen LogP contribution in [0.15, 0.2) is 24.3 Å². The first-order valence-corrected chi connectivity index (χ1v) is 12.3. The van der Waals surface area contributed by atoms with Gasteiger partial charge >= 0.3 is 0 Å². The molecule has 0 fully saturated rings. The summed E-state index contributed by atoms with van der Waals surface area (Å²) in [6, 6.07) is 7.79. The molecule has 0 saturated carbocycles. The third-order valence-electron chi connectivity index (χ3n) is 5.78. The van der Waals surface area contributed by atoms with Gasteiger partial charge in [-0.3, -0.25) is 0 Å². The first-order chi connectivity index (χ1) is 13.8. The van der Waals surface area contributed by atoms with Crippen LogP contribution in [-0.2, 0) is 0 Å². The van der Waals surface area contributed by atoms with Crippen molar-refractivity contribution in [3.63, 3.8) is 0 Å². The van der Waals surface area contributed by atoms with Gasteiger partial charge in [0.15, 0.2) is 0 Å². The maximum Gasteiger partial charge on any atom is 0.115 e. The topological polar surface area (TPSA) is 23.5 Å². The predicted octanol–water partition coefficient (Wildman–Crippen LogP) is 8.48. The summed E-state index contributed by atoms with van der Waals surface area (Å²) >= 11 is 0. The van der Waals surface area contributed by atoms with Crippen molar-refractivity contribution in [2.24, 2.45) is 0 Å².